The molecule has 3 rings (SSSR count). The lowest BCUT2D eigenvalue weighted by molar-refractivity contribution is -0.0498. The zero-order valence-electron chi connectivity index (χ0n) is 15.9. The number of hydrogen-bond donors (Lipinski definition) is 0. The third-order valence-corrected chi connectivity index (χ3v) is 6.43. The van der Waals surface area contributed by atoms with Crippen molar-refractivity contribution in [3.05, 3.63) is 35.9 Å². The Hall–Kier alpha value is -1.38. The predicted molar refractivity (Wildman–Crippen MR) is 103 cm³/mol. The highest BCUT2D eigenvalue weighted by Crippen LogP contribution is 2.42. The van der Waals surface area contributed by atoms with Crippen molar-refractivity contribution in [2.75, 3.05) is 0 Å². The van der Waals surface area contributed by atoms with E-state index >= 15 is 0 Å². The van der Waals surface area contributed by atoms with Crippen LogP contribution in [0.4, 0.5) is 8.78 Å². The van der Waals surface area contributed by atoms with Crippen molar-refractivity contribution in [3.8, 4) is 5.75 Å². The summed E-state index contributed by atoms with van der Waals surface area (Å²) in [6, 6.07) is 7.10. The third kappa shape index (κ3) is 5.31. The monoisotopic (exact) mass is 362 g/mol. The van der Waals surface area contributed by atoms with Gasteiger partial charge in [-0.25, -0.2) is 0 Å². The molecule has 0 amide bonds. The first-order valence-electron chi connectivity index (χ1n) is 10.4. The molecule has 144 valence electrons. The summed E-state index contributed by atoms with van der Waals surface area (Å²) in [5.74, 6) is 2.97. The van der Waals surface area contributed by atoms with E-state index in [0.717, 1.165) is 29.7 Å². The molecule has 26 heavy (non-hydrogen) atoms. The molecule has 0 radical (unpaired) electrons. The molecule has 1 fully saturated rings. The predicted octanol–water partition coefficient (Wildman–Crippen LogP) is 7.47. The average Bonchev–Trinajstić information content (AvgIpc) is 2.67. The lowest BCUT2D eigenvalue weighted by Gasteiger charge is -2.35. The molecule has 0 aliphatic heterocycles. The molecular weight excluding hydrogens is 330 g/mol. The fourth-order valence-corrected chi connectivity index (χ4v) is 4.84. The third-order valence-electron chi connectivity index (χ3n) is 6.43. The van der Waals surface area contributed by atoms with E-state index in [1.807, 2.05) is 12.1 Å². The van der Waals surface area contributed by atoms with Crippen LogP contribution in [0.5, 0.6) is 5.75 Å². The highest BCUT2D eigenvalue weighted by molar-refractivity contribution is 5.66. The summed E-state index contributed by atoms with van der Waals surface area (Å²) in [7, 11) is 0. The highest BCUT2D eigenvalue weighted by atomic mass is 19.3. The zero-order valence-corrected chi connectivity index (χ0v) is 15.9. The molecule has 1 saturated carbocycles. The highest BCUT2D eigenvalue weighted by Gasteiger charge is 2.28. The molecule has 1 aromatic carbocycles. The topological polar surface area (TPSA) is 9.23 Å². The Morgan fingerprint density at radius 2 is 1.73 bits per heavy atom. The molecule has 0 N–H and O–H groups in total. The van der Waals surface area contributed by atoms with Gasteiger partial charge in [0, 0.05) is 0 Å². The van der Waals surface area contributed by atoms with E-state index in [-0.39, 0.29) is 5.75 Å². The van der Waals surface area contributed by atoms with Crippen molar-refractivity contribution in [3.63, 3.8) is 0 Å². The van der Waals surface area contributed by atoms with Gasteiger partial charge in [0.1, 0.15) is 5.75 Å². The minimum atomic E-state index is -2.76. The summed E-state index contributed by atoms with van der Waals surface area (Å²) in [6.07, 6.45) is 15.8. The van der Waals surface area contributed by atoms with Crippen LogP contribution in [-0.4, -0.2) is 6.61 Å². The largest absolute Gasteiger partial charge is 0.435 e. The number of ether oxygens (including phenoxy) is 1. The normalized spacial score (nSPS) is 26.6. The molecule has 1 aromatic rings. The Morgan fingerprint density at radius 1 is 1.00 bits per heavy atom. The second-order valence-electron chi connectivity index (χ2n) is 8.09. The van der Waals surface area contributed by atoms with E-state index in [1.165, 1.54) is 63.4 Å². The fourth-order valence-electron chi connectivity index (χ4n) is 4.84. The van der Waals surface area contributed by atoms with Crippen molar-refractivity contribution in [2.45, 2.75) is 77.7 Å². The molecule has 1 atom stereocenters. The fraction of sp³-hybridized carbons (Fsp3) is 0.652. The first-order valence-corrected chi connectivity index (χ1v) is 10.4. The molecule has 0 saturated heterocycles. The summed E-state index contributed by atoms with van der Waals surface area (Å²) >= 11 is 0. The van der Waals surface area contributed by atoms with Gasteiger partial charge in [-0.1, -0.05) is 57.2 Å². The van der Waals surface area contributed by atoms with Gasteiger partial charge in [0.15, 0.2) is 0 Å². The first-order chi connectivity index (χ1) is 12.7. The smallest absolute Gasteiger partial charge is 0.387 e. The number of rotatable bonds is 7. The van der Waals surface area contributed by atoms with Crippen LogP contribution in [0.2, 0.25) is 0 Å². The van der Waals surface area contributed by atoms with Gasteiger partial charge >= 0.3 is 6.61 Å². The van der Waals surface area contributed by atoms with Gasteiger partial charge < -0.3 is 4.74 Å². The van der Waals surface area contributed by atoms with E-state index < -0.39 is 6.61 Å². The Balaban J connectivity index is 1.49. The number of alkyl halides is 2. The maximum absolute atomic E-state index is 12.2. The Kier molecular flexibility index (Phi) is 7.10. The van der Waals surface area contributed by atoms with Crippen LogP contribution in [0, 0.1) is 17.8 Å². The maximum atomic E-state index is 12.2. The van der Waals surface area contributed by atoms with Crippen LogP contribution in [0.25, 0.3) is 5.57 Å². The SMILES string of the molecule is CCCC[C@H]1CC[C@H](C2CC=C(c3ccc(OC(F)F)cc3)CC2)CC1. The van der Waals surface area contributed by atoms with E-state index in [1.54, 1.807) is 12.1 Å². The molecule has 1 unspecified atom stereocenters. The zero-order chi connectivity index (χ0) is 18.4. The van der Waals surface area contributed by atoms with Crippen LogP contribution in [0.1, 0.15) is 76.7 Å². The molecule has 0 aromatic heterocycles. The molecule has 2 aliphatic rings. The van der Waals surface area contributed by atoms with Crippen LogP contribution < -0.4 is 4.74 Å². The number of halogens is 2. The molecule has 1 nitrogen and oxygen atoms in total. The number of allylic oxidation sites excluding steroid dienone is 2. The van der Waals surface area contributed by atoms with Crippen molar-refractivity contribution in [1.82, 2.24) is 0 Å². The van der Waals surface area contributed by atoms with Crippen molar-refractivity contribution in [1.29, 1.82) is 0 Å². The van der Waals surface area contributed by atoms with Gasteiger partial charge in [0.05, 0.1) is 0 Å². The Bertz CT molecular complexity index is 570. The quantitative estimate of drug-likeness (QED) is 0.489. The minimum Gasteiger partial charge on any atom is -0.435 e. The van der Waals surface area contributed by atoms with E-state index in [0.29, 0.717) is 0 Å². The summed E-state index contributed by atoms with van der Waals surface area (Å²) < 4.78 is 28.9. The lowest BCUT2D eigenvalue weighted by atomic mass is 9.70. The summed E-state index contributed by atoms with van der Waals surface area (Å²) in [5.41, 5.74) is 2.51. The standard InChI is InChI=1S/C23H32F2O/c1-2-3-4-17-5-7-18(8-6-17)19-9-11-20(12-10-19)21-13-15-22(16-14-21)26-23(24)25/h11,13-19,23H,2-10,12H2,1H3/t17-,18-,19?. The van der Waals surface area contributed by atoms with E-state index in [9.17, 15) is 8.78 Å². The van der Waals surface area contributed by atoms with Crippen LogP contribution >= 0.6 is 0 Å². The van der Waals surface area contributed by atoms with Crippen molar-refractivity contribution in [2.24, 2.45) is 17.8 Å². The first kappa shape index (κ1) is 19.4. The van der Waals surface area contributed by atoms with Crippen LogP contribution in [0.3, 0.4) is 0 Å². The second-order valence-corrected chi connectivity index (χ2v) is 8.09. The van der Waals surface area contributed by atoms with Gasteiger partial charge in [-0.05, 0) is 73.1 Å². The number of unbranched alkanes of at least 4 members (excludes halogenated alkanes) is 1. The van der Waals surface area contributed by atoms with Gasteiger partial charge in [-0.15, -0.1) is 0 Å². The number of hydrogen-bond acceptors (Lipinski definition) is 1. The molecule has 3 heteroatoms. The Labute approximate surface area is 156 Å². The van der Waals surface area contributed by atoms with Gasteiger partial charge in [0.2, 0.25) is 0 Å². The number of benzene rings is 1. The van der Waals surface area contributed by atoms with E-state index in [2.05, 4.69) is 17.7 Å². The van der Waals surface area contributed by atoms with E-state index in [4.69, 9.17) is 0 Å². The molecule has 0 heterocycles. The summed E-state index contributed by atoms with van der Waals surface area (Å²) in [4.78, 5) is 0. The lowest BCUT2D eigenvalue weighted by Crippen LogP contribution is -2.23. The molecule has 0 bridgehead atoms. The summed E-state index contributed by atoms with van der Waals surface area (Å²) in [6.45, 7) is -0.468. The summed E-state index contributed by atoms with van der Waals surface area (Å²) in [5, 5.41) is 0. The average molecular weight is 363 g/mol. The van der Waals surface area contributed by atoms with Crippen LogP contribution in [0.15, 0.2) is 30.3 Å². The van der Waals surface area contributed by atoms with Gasteiger partial charge in [-0.3, -0.25) is 0 Å². The molecule has 2 aliphatic carbocycles. The molecule has 0 spiro atoms. The maximum Gasteiger partial charge on any atom is 0.387 e. The Morgan fingerprint density at radius 3 is 2.31 bits per heavy atom. The molecular formula is C23H32F2O. The van der Waals surface area contributed by atoms with Gasteiger partial charge in [0.25, 0.3) is 0 Å². The van der Waals surface area contributed by atoms with Crippen molar-refractivity contribution >= 4 is 5.57 Å². The van der Waals surface area contributed by atoms with Crippen molar-refractivity contribution < 1.29 is 13.5 Å². The van der Waals surface area contributed by atoms with Gasteiger partial charge in [-0.2, -0.15) is 8.78 Å². The second kappa shape index (κ2) is 9.53. The van der Waals surface area contributed by atoms with Crippen LogP contribution in [-0.2, 0) is 0 Å². The minimum absolute atomic E-state index is 0.234.